The van der Waals surface area contributed by atoms with Crippen molar-refractivity contribution in [1.82, 2.24) is 14.9 Å². The summed E-state index contributed by atoms with van der Waals surface area (Å²) in [6.07, 6.45) is 6.96. The quantitative estimate of drug-likeness (QED) is 0.437. The summed E-state index contributed by atoms with van der Waals surface area (Å²) in [5.41, 5.74) is 3.25. The summed E-state index contributed by atoms with van der Waals surface area (Å²) in [5.74, 6) is -0.0307. The second-order valence-corrected chi connectivity index (χ2v) is 10.4. The molecule has 5 rings (SSSR count). The van der Waals surface area contributed by atoms with E-state index < -0.39 is 11.4 Å². The molecule has 1 N–H and O–H groups in total. The van der Waals surface area contributed by atoms with E-state index in [-0.39, 0.29) is 11.7 Å². The van der Waals surface area contributed by atoms with Crippen LogP contribution in [0.5, 0.6) is 5.88 Å². The molecule has 0 saturated carbocycles. The Kier molecular flexibility index (Phi) is 8.40. The van der Waals surface area contributed by atoms with Crippen molar-refractivity contribution in [2.24, 2.45) is 0 Å². The highest BCUT2D eigenvalue weighted by molar-refractivity contribution is 7.92. The summed E-state index contributed by atoms with van der Waals surface area (Å²) in [7, 11) is 1.50. The third-order valence-electron chi connectivity index (χ3n) is 6.71. The van der Waals surface area contributed by atoms with E-state index in [9.17, 15) is 4.55 Å². The Labute approximate surface area is 220 Å². The summed E-state index contributed by atoms with van der Waals surface area (Å²) < 4.78 is 42.2. The predicted molar refractivity (Wildman–Crippen MR) is 143 cm³/mol. The molecular formula is C27H32FN5O3S. The standard InChI is InChI=1S/C27H32FN5O3S/c1-35-27-26(17-22(18-30-27)33-11-13-36-14-12-33)37(34)31-21-7-8-29-25(16-21)23-6-5-20(15-24(23)28)19-32-9-3-2-4-10-32/h5-8,15-18H,2-4,9-14,19H2,1H3,(H,29,31). The predicted octanol–water partition coefficient (Wildman–Crippen LogP) is 4.25. The Morgan fingerprint density at radius 2 is 1.86 bits per heavy atom. The minimum Gasteiger partial charge on any atom is -0.588 e. The summed E-state index contributed by atoms with van der Waals surface area (Å²) in [6.45, 7) is 5.63. The molecule has 4 heterocycles. The Bertz CT molecular complexity index is 1200. The number of halogens is 1. The van der Waals surface area contributed by atoms with Crippen molar-refractivity contribution in [3.05, 3.63) is 60.2 Å². The molecule has 0 radical (unpaired) electrons. The van der Waals surface area contributed by atoms with Gasteiger partial charge in [-0.25, -0.2) is 14.1 Å². The Balaban J connectivity index is 1.32. The van der Waals surface area contributed by atoms with Crippen molar-refractivity contribution >= 4 is 22.7 Å². The average molecular weight is 526 g/mol. The fourth-order valence-electron chi connectivity index (χ4n) is 4.75. The highest BCUT2D eigenvalue weighted by atomic mass is 32.2. The molecule has 1 atom stereocenters. The fourth-order valence-corrected chi connectivity index (χ4v) is 5.72. The van der Waals surface area contributed by atoms with Gasteiger partial charge in [-0.2, -0.15) is 0 Å². The molecule has 2 saturated heterocycles. The van der Waals surface area contributed by atoms with Gasteiger partial charge in [0.05, 0.1) is 43.6 Å². The smallest absolute Gasteiger partial charge is 0.273 e. The molecule has 0 bridgehead atoms. The molecule has 3 aromatic rings. The summed E-state index contributed by atoms with van der Waals surface area (Å²) in [6, 6.07) is 10.6. The zero-order chi connectivity index (χ0) is 25.6. The average Bonchev–Trinajstić information content (AvgIpc) is 2.94. The van der Waals surface area contributed by atoms with Crippen molar-refractivity contribution in [2.75, 3.05) is 56.1 Å². The first-order valence-corrected chi connectivity index (χ1v) is 13.8. The van der Waals surface area contributed by atoms with E-state index in [0.29, 0.717) is 35.1 Å². The number of nitrogens with one attached hydrogen (secondary N) is 1. The molecule has 2 fully saturated rings. The van der Waals surface area contributed by atoms with Crippen LogP contribution in [-0.2, 0) is 22.6 Å². The Hall–Kier alpha value is -2.92. The second kappa shape index (κ2) is 12.1. The molecule has 2 aromatic heterocycles. The maximum Gasteiger partial charge on any atom is 0.273 e. The van der Waals surface area contributed by atoms with Crippen molar-refractivity contribution in [3.63, 3.8) is 0 Å². The highest BCUT2D eigenvalue weighted by Crippen LogP contribution is 2.30. The number of nitrogens with zero attached hydrogens (tertiary/aromatic N) is 4. The largest absolute Gasteiger partial charge is 0.588 e. The van der Waals surface area contributed by atoms with Gasteiger partial charge in [0.25, 0.3) is 5.88 Å². The molecular weight excluding hydrogens is 493 g/mol. The van der Waals surface area contributed by atoms with E-state index in [1.807, 2.05) is 12.1 Å². The number of pyridine rings is 2. The van der Waals surface area contributed by atoms with Gasteiger partial charge in [-0.05, 0) is 55.8 Å². The second-order valence-electron chi connectivity index (χ2n) is 9.25. The number of morpholine rings is 1. The van der Waals surface area contributed by atoms with Gasteiger partial charge in [0, 0.05) is 37.5 Å². The van der Waals surface area contributed by atoms with Gasteiger partial charge in [-0.15, -0.1) is 0 Å². The minimum atomic E-state index is -1.66. The first kappa shape index (κ1) is 25.7. The maximum atomic E-state index is 15.1. The van der Waals surface area contributed by atoms with Crippen LogP contribution in [0, 0.1) is 5.82 Å². The van der Waals surface area contributed by atoms with E-state index in [1.165, 1.54) is 26.4 Å². The number of rotatable bonds is 8. The zero-order valence-corrected chi connectivity index (χ0v) is 21.8. The van der Waals surface area contributed by atoms with Gasteiger partial charge < -0.3 is 18.9 Å². The summed E-state index contributed by atoms with van der Waals surface area (Å²) in [5, 5.41) is 0. The molecule has 1 unspecified atom stereocenters. The zero-order valence-electron chi connectivity index (χ0n) is 21.0. The van der Waals surface area contributed by atoms with Gasteiger partial charge in [-0.1, -0.05) is 12.5 Å². The van der Waals surface area contributed by atoms with Gasteiger partial charge in [0.15, 0.2) is 0 Å². The van der Waals surface area contributed by atoms with Crippen molar-refractivity contribution < 1.29 is 18.4 Å². The van der Waals surface area contributed by atoms with Gasteiger partial charge in [0.2, 0.25) is 4.90 Å². The number of ether oxygens (including phenoxy) is 2. The van der Waals surface area contributed by atoms with E-state index in [1.54, 1.807) is 36.7 Å². The lowest BCUT2D eigenvalue weighted by atomic mass is 10.1. The number of piperidine rings is 1. The molecule has 2 aliphatic rings. The molecule has 37 heavy (non-hydrogen) atoms. The molecule has 1 aromatic carbocycles. The minimum absolute atomic E-state index is 0.285. The van der Waals surface area contributed by atoms with Crippen LogP contribution in [0.4, 0.5) is 15.8 Å². The lowest BCUT2D eigenvalue weighted by Gasteiger charge is -2.28. The first-order chi connectivity index (χ1) is 18.1. The number of anilines is 2. The van der Waals surface area contributed by atoms with Crippen LogP contribution in [-0.4, -0.2) is 65.9 Å². The molecule has 8 nitrogen and oxygen atoms in total. The van der Waals surface area contributed by atoms with E-state index >= 15 is 4.39 Å². The number of hydrogen-bond acceptors (Lipinski definition) is 8. The number of likely N-dealkylation sites (tertiary alicyclic amines) is 1. The number of benzene rings is 1. The Morgan fingerprint density at radius 1 is 1.05 bits per heavy atom. The number of hydrogen-bond donors (Lipinski definition) is 1. The third-order valence-corrected chi connectivity index (χ3v) is 7.82. The van der Waals surface area contributed by atoms with Gasteiger partial charge in [0.1, 0.15) is 17.2 Å². The van der Waals surface area contributed by atoms with Crippen LogP contribution in [0.15, 0.2) is 53.7 Å². The van der Waals surface area contributed by atoms with Crippen LogP contribution in [0.3, 0.4) is 0 Å². The summed E-state index contributed by atoms with van der Waals surface area (Å²) in [4.78, 5) is 13.7. The number of methoxy groups -OCH3 is 1. The summed E-state index contributed by atoms with van der Waals surface area (Å²) >= 11 is -1.66. The molecule has 2 aliphatic heterocycles. The number of aromatic nitrogens is 2. The van der Waals surface area contributed by atoms with Crippen molar-refractivity contribution in [3.8, 4) is 17.1 Å². The van der Waals surface area contributed by atoms with Crippen molar-refractivity contribution in [1.29, 1.82) is 0 Å². The molecule has 196 valence electrons. The van der Waals surface area contributed by atoms with E-state index in [0.717, 1.165) is 44.0 Å². The van der Waals surface area contributed by atoms with Crippen LogP contribution >= 0.6 is 0 Å². The topological polar surface area (TPSA) is 85.8 Å². The molecule has 0 amide bonds. The van der Waals surface area contributed by atoms with E-state index in [2.05, 4.69) is 24.5 Å². The van der Waals surface area contributed by atoms with Gasteiger partial charge >= 0.3 is 0 Å². The van der Waals surface area contributed by atoms with E-state index in [4.69, 9.17) is 9.47 Å². The first-order valence-electron chi connectivity index (χ1n) is 12.6. The van der Waals surface area contributed by atoms with Gasteiger partial charge in [-0.3, -0.25) is 9.88 Å². The Morgan fingerprint density at radius 3 is 2.62 bits per heavy atom. The normalized spacial score (nSPS) is 17.4. The van der Waals surface area contributed by atoms with Crippen LogP contribution in [0.1, 0.15) is 24.8 Å². The van der Waals surface area contributed by atoms with Crippen LogP contribution in [0.2, 0.25) is 0 Å². The lowest BCUT2D eigenvalue weighted by molar-refractivity contribution is 0.122. The monoisotopic (exact) mass is 525 g/mol. The molecule has 0 spiro atoms. The van der Waals surface area contributed by atoms with Crippen molar-refractivity contribution in [2.45, 2.75) is 30.7 Å². The highest BCUT2D eigenvalue weighted by Gasteiger charge is 2.23. The maximum absolute atomic E-state index is 15.1. The SMILES string of the molecule is COc1ncc(N2CCOCC2)cc1[S+]([O-])Nc1ccnc(-c2ccc(CN3CCCCC3)cc2F)c1. The molecule has 10 heteroatoms. The fraction of sp³-hybridized carbons (Fsp3) is 0.407. The third kappa shape index (κ3) is 6.32. The molecule has 0 aliphatic carbocycles. The van der Waals surface area contributed by atoms with Crippen LogP contribution in [0.25, 0.3) is 11.3 Å². The lowest BCUT2D eigenvalue weighted by Crippen LogP contribution is -2.36. The van der Waals surface area contributed by atoms with Crippen LogP contribution < -0.4 is 14.4 Å².